The molecular formula is C24H25N3O2. The first kappa shape index (κ1) is 19.0. The summed E-state index contributed by atoms with van der Waals surface area (Å²) in [5.74, 6) is 1.25. The maximum Gasteiger partial charge on any atom is 0.286 e. The summed E-state index contributed by atoms with van der Waals surface area (Å²) in [7, 11) is 0. The van der Waals surface area contributed by atoms with E-state index in [1.807, 2.05) is 6.07 Å². The van der Waals surface area contributed by atoms with Gasteiger partial charge in [0.2, 0.25) is 0 Å². The number of aromatic nitrogens is 2. The average molecular weight is 387 g/mol. The van der Waals surface area contributed by atoms with Crippen LogP contribution in [0, 0.1) is 0 Å². The van der Waals surface area contributed by atoms with Crippen molar-refractivity contribution in [1.82, 2.24) is 14.9 Å². The van der Waals surface area contributed by atoms with Gasteiger partial charge in [0.05, 0.1) is 17.3 Å². The summed E-state index contributed by atoms with van der Waals surface area (Å²) >= 11 is 0. The first-order chi connectivity index (χ1) is 14.3. The molecule has 2 aromatic carbocycles. The number of hydrogen-bond donors (Lipinski definition) is 1. The number of carbonyl (C=O) groups excluding carboxylic acids is 1. The van der Waals surface area contributed by atoms with Crippen LogP contribution in [-0.4, -0.2) is 22.0 Å². The summed E-state index contributed by atoms with van der Waals surface area (Å²) in [5.41, 5.74) is 3.57. The second kappa shape index (κ2) is 9.24. The van der Waals surface area contributed by atoms with Crippen LogP contribution in [0.2, 0.25) is 0 Å². The van der Waals surface area contributed by atoms with Crippen molar-refractivity contribution in [2.45, 2.75) is 32.2 Å². The Bertz CT molecular complexity index is 1050. The first-order valence-corrected chi connectivity index (χ1v) is 10.1. The maximum absolute atomic E-state index is 12.0. The number of hydrogen-bond acceptors (Lipinski definition) is 3. The van der Waals surface area contributed by atoms with Crippen LogP contribution >= 0.6 is 0 Å². The molecule has 0 bridgehead atoms. The van der Waals surface area contributed by atoms with Crippen molar-refractivity contribution in [2.24, 2.45) is 0 Å². The van der Waals surface area contributed by atoms with E-state index in [1.165, 1.54) is 17.3 Å². The number of para-hydroxylation sites is 2. The van der Waals surface area contributed by atoms with Crippen molar-refractivity contribution in [1.29, 1.82) is 0 Å². The van der Waals surface area contributed by atoms with E-state index >= 15 is 0 Å². The minimum Gasteiger partial charge on any atom is -0.459 e. The van der Waals surface area contributed by atoms with E-state index in [1.54, 1.807) is 12.1 Å². The van der Waals surface area contributed by atoms with Gasteiger partial charge in [0.15, 0.2) is 5.76 Å². The third-order valence-corrected chi connectivity index (χ3v) is 5.03. The minimum absolute atomic E-state index is 0.175. The Morgan fingerprint density at radius 2 is 1.76 bits per heavy atom. The summed E-state index contributed by atoms with van der Waals surface area (Å²) in [6, 6.07) is 22.2. The van der Waals surface area contributed by atoms with E-state index < -0.39 is 0 Å². The fraction of sp³-hybridized carbons (Fsp3) is 0.250. The second-order valence-electron chi connectivity index (χ2n) is 7.09. The molecule has 0 fully saturated rings. The van der Waals surface area contributed by atoms with Gasteiger partial charge in [0.1, 0.15) is 5.82 Å². The maximum atomic E-state index is 12.0. The predicted molar refractivity (Wildman–Crippen MR) is 114 cm³/mol. The molecule has 5 heteroatoms. The van der Waals surface area contributed by atoms with Gasteiger partial charge in [0.25, 0.3) is 5.91 Å². The third kappa shape index (κ3) is 4.74. The van der Waals surface area contributed by atoms with Crippen molar-refractivity contribution in [3.8, 4) is 0 Å². The zero-order valence-electron chi connectivity index (χ0n) is 16.4. The molecule has 1 N–H and O–H groups in total. The van der Waals surface area contributed by atoms with Gasteiger partial charge in [-0.1, -0.05) is 42.5 Å². The molecule has 0 aliphatic carbocycles. The molecule has 4 rings (SSSR count). The number of aryl methyl sites for hydroxylation is 3. The average Bonchev–Trinajstić information content (AvgIpc) is 3.41. The van der Waals surface area contributed by atoms with E-state index in [9.17, 15) is 4.79 Å². The highest BCUT2D eigenvalue weighted by Gasteiger charge is 2.11. The number of fused-ring (bicyclic) bond motifs is 1. The van der Waals surface area contributed by atoms with Gasteiger partial charge in [-0.25, -0.2) is 4.98 Å². The Labute approximate surface area is 170 Å². The fourth-order valence-corrected chi connectivity index (χ4v) is 3.60. The molecule has 0 saturated carbocycles. The number of rotatable bonds is 9. The van der Waals surface area contributed by atoms with Crippen LogP contribution in [0.25, 0.3) is 11.0 Å². The number of nitrogens with one attached hydrogen (secondary N) is 1. The lowest BCUT2D eigenvalue weighted by Gasteiger charge is -2.10. The Kier molecular flexibility index (Phi) is 6.05. The zero-order chi connectivity index (χ0) is 19.9. The minimum atomic E-state index is -0.175. The largest absolute Gasteiger partial charge is 0.459 e. The molecule has 5 nitrogen and oxygen atoms in total. The standard InChI is InChI=1S/C24H25N3O2/c28-24(22-14-8-18-29-22)25-16-6-15-23-26-20-12-4-5-13-21(20)27(23)17-7-11-19-9-2-1-3-10-19/h1-5,8-10,12-14,18H,6-7,11,15-17H2,(H,25,28). The monoisotopic (exact) mass is 387 g/mol. The smallest absolute Gasteiger partial charge is 0.286 e. The zero-order valence-corrected chi connectivity index (χ0v) is 16.4. The molecule has 0 aliphatic heterocycles. The Balaban J connectivity index is 1.37. The fourth-order valence-electron chi connectivity index (χ4n) is 3.60. The van der Waals surface area contributed by atoms with Crippen molar-refractivity contribution >= 4 is 16.9 Å². The molecule has 0 atom stereocenters. The summed E-state index contributed by atoms with van der Waals surface area (Å²) in [6.07, 6.45) is 5.26. The molecular weight excluding hydrogens is 362 g/mol. The molecule has 0 saturated heterocycles. The van der Waals surface area contributed by atoms with Crippen molar-refractivity contribution in [3.63, 3.8) is 0 Å². The van der Waals surface area contributed by atoms with E-state index in [-0.39, 0.29) is 5.91 Å². The molecule has 0 radical (unpaired) electrons. The number of benzene rings is 2. The predicted octanol–water partition coefficient (Wildman–Crippen LogP) is 4.62. The van der Waals surface area contributed by atoms with E-state index in [0.29, 0.717) is 12.3 Å². The molecule has 0 spiro atoms. The number of imidazole rings is 1. The van der Waals surface area contributed by atoms with Crippen LogP contribution in [0.15, 0.2) is 77.4 Å². The van der Waals surface area contributed by atoms with E-state index in [2.05, 4.69) is 58.4 Å². The Hall–Kier alpha value is -3.34. The third-order valence-electron chi connectivity index (χ3n) is 5.03. The van der Waals surface area contributed by atoms with Crippen LogP contribution in [0.1, 0.15) is 34.8 Å². The lowest BCUT2D eigenvalue weighted by atomic mass is 10.1. The van der Waals surface area contributed by atoms with Crippen LogP contribution in [0.3, 0.4) is 0 Å². The number of amides is 1. The van der Waals surface area contributed by atoms with E-state index in [4.69, 9.17) is 9.40 Å². The highest BCUT2D eigenvalue weighted by Crippen LogP contribution is 2.18. The van der Waals surface area contributed by atoms with Gasteiger partial charge >= 0.3 is 0 Å². The number of furan rings is 1. The van der Waals surface area contributed by atoms with Crippen LogP contribution in [0.4, 0.5) is 0 Å². The molecule has 0 aliphatic rings. The lowest BCUT2D eigenvalue weighted by Crippen LogP contribution is -2.24. The quantitative estimate of drug-likeness (QED) is 0.426. The molecule has 29 heavy (non-hydrogen) atoms. The summed E-state index contributed by atoms with van der Waals surface area (Å²) in [4.78, 5) is 16.8. The van der Waals surface area contributed by atoms with Gasteiger partial charge in [-0.2, -0.15) is 0 Å². The van der Waals surface area contributed by atoms with Gasteiger partial charge in [-0.15, -0.1) is 0 Å². The van der Waals surface area contributed by atoms with Gasteiger partial charge in [0, 0.05) is 19.5 Å². The molecule has 0 unspecified atom stereocenters. The van der Waals surface area contributed by atoms with Gasteiger partial charge < -0.3 is 14.3 Å². The number of carbonyl (C=O) groups is 1. The SMILES string of the molecule is O=C(NCCCc1nc2ccccc2n1CCCc1ccccc1)c1ccco1. The molecule has 1 amide bonds. The molecule has 2 heterocycles. The van der Waals surface area contributed by atoms with Crippen molar-refractivity contribution in [2.75, 3.05) is 6.54 Å². The van der Waals surface area contributed by atoms with Crippen LogP contribution in [-0.2, 0) is 19.4 Å². The van der Waals surface area contributed by atoms with Crippen LogP contribution in [0.5, 0.6) is 0 Å². The second-order valence-corrected chi connectivity index (χ2v) is 7.09. The highest BCUT2D eigenvalue weighted by atomic mass is 16.3. The number of nitrogens with zero attached hydrogens (tertiary/aromatic N) is 2. The molecule has 2 aromatic heterocycles. The normalized spacial score (nSPS) is 11.0. The summed E-state index contributed by atoms with van der Waals surface area (Å²) in [6.45, 7) is 1.52. The van der Waals surface area contributed by atoms with Crippen molar-refractivity contribution < 1.29 is 9.21 Å². The summed E-state index contributed by atoms with van der Waals surface area (Å²) < 4.78 is 7.45. The lowest BCUT2D eigenvalue weighted by molar-refractivity contribution is 0.0925. The first-order valence-electron chi connectivity index (χ1n) is 10.1. The molecule has 4 aromatic rings. The van der Waals surface area contributed by atoms with Crippen molar-refractivity contribution in [3.05, 3.63) is 90.1 Å². The highest BCUT2D eigenvalue weighted by molar-refractivity contribution is 5.91. The summed E-state index contributed by atoms with van der Waals surface area (Å²) in [5, 5.41) is 2.90. The Morgan fingerprint density at radius 3 is 2.59 bits per heavy atom. The molecule has 148 valence electrons. The van der Waals surface area contributed by atoms with E-state index in [0.717, 1.165) is 43.6 Å². The Morgan fingerprint density at radius 1 is 0.931 bits per heavy atom. The topological polar surface area (TPSA) is 60.1 Å². The van der Waals surface area contributed by atoms with Crippen LogP contribution < -0.4 is 5.32 Å². The van der Waals surface area contributed by atoms with Gasteiger partial charge in [-0.05, 0) is 49.1 Å². The van der Waals surface area contributed by atoms with Gasteiger partial charge in [-0.3, -0.25) is 4.79 Å².